The maximum absolute atomic E-state index is 13.4. The molecule has 0 spiro atoms. The summed E-state index contributed by atoms with van der Waals surface area (Å²) in [6.45, 7) is 11.1. The van der Waals surface area contributed by atoms with Crippen molar-refractivity contribution < 1.29 is 9.13 Å². The van der Waals surface area contributed by atoms with Gasteiger partial charge in [0.25, 0.3) is 0 Å². The molecule has 0 aliphatic carbocycles. The number of likely N-dealkylation sites (tertiary alicyclic amines) is 1. The van der Waals surface area contributed by atoms with E-state index in [4.69, 9.17) is 11.3 Å². The minimum absolute atomic E-state index is 0.0667. The lowest BCUT2D eigenvalue weighted by atomic mass is 10.1. The van der Waals surface area contributed by atoms with Gasteiger partial charge in [-0.2, -0.15) is 0 Å². The van der Waals surface area contributed by atoms with Crippen LogP contribution in [0.1, 0.15) is 24.8 Å². The Morgan fingerprint density at radius 1 is 1.26 bits per heavy atom. The van der Waals surface area contributed by atoms with Gasteiger partial charge in [-0.3, -0.25) is 0 Å². The van der Waals surface area contributed by atoms with Gasteiger partial charge < -0.3 is 9.64 Å². The molecule has 0 unspecified atom stereocenters. The number of hydrogen-bond acceptors (Lipinski definition) is 2. The largest absolute Gasteiger partial charge is 0.375 e. The molecule has 0 amide bonds. The summed E-state index contributed by atoms with van der Waals surface area (Å²) in [4.78, 5) is 5.51. The highest BCUT2D eigenvalue weighted by atomic mass is 19.1. The van der Waals surface area contributed by atoms with E-state index in [0.29, 0.717) is 13.2 Å². The molecule has 1 fully saturated rings. The third kappa shape index (κ3) is 4.30. The fourth-order valence-corrected chi connectivity index (χ4v) is 2.30. The molecule has 0 bridgehead atoms. The van der Waals surface area contributed by atoms with Crippen LogP contribution in [0.3, 0.4) is 0 Å². The topological polar surface area (TPSA) is 16.8 Å². The summed E-state index contributed by atoms with van der Waals surface area (Å²) in [6.07, 6.45) is 3.90. The highest BCUT2D eigenvalue weighted by molar-refractivity contribution is 5.46. The van der Waals surface area contributed by atoms with E-state index in [0.717, 1.165) is 25.2 Å². The molecule has 0 N–H and O–H groups in total. The molecule has 2 rings (SSSR count). The normalized spacial score (nSPS) is 16.2. The first-order chi connectivity index (χ1) is 9.29. The van der Waals surface area contributed by atoms with Gasteiger partial charge in [0.15, 0.2) is 0 Å². The van der Waals surface area contributed by atoms with Gasteiger partial charge in [0.05, 0.1) is 19.8 Å². The SMILES string of the molecule is [C-]#[N+]c1ccc(COCCN2CCCCC2)cc1F. The number of halogens is 1. The average molecular weight is 262 g/mol. The lowest BCUT2D eigenvalue weighted by molar-refractivity contribution is 0.0862. The Morgan fingerprint density at radius 3 is 2.74 bits per heavy atom. The van der Waals surface area contributed by atoms with Crippen molar-refractivity contribution in [2.45, 2.75) is 25.9 Å². The van der Waals surface area contributed by atoms with Crippen molar-refractivity contribution in [3.8, 4) is 0 Å². The number of ether oxygens (including phenoxy) is 1. The van der Waals surface area contributed by atoms with E-state index in [1.165, 1.54) is 31.4 Å². The molecule has 102 valence electrons. The zero-order valence-corrected chi connectivity index (χ0v) is 11.1. The van der Waals surface area contributed by atoms with E-state index in [-0.39, 0.29) is 5.69 Å². The standard InChI is InChI=1S/C15H19FN2O/c1-17-15-6-5-13(11-14(15)16)12-19-10-9-18-7-3-2-4-8-18/h5-6,11H,2-4,7-10,12H2. The van der Waals surface area contributed by atoms with Crippen molar-refractivity contribution in [1.82, 2.24) is 4.90 Å². The van der Waals surface area contributed by atoms with Crippen LogP contribution < -0.4 is 0 Å². The fraction of sp³-hybridized carbons (Fsp3) is 0.533. The molecule has 3 nitrogen and oxygen atoms in total. The lowest BCUT2D eigenvalue weighted by Gasteiger charge is -2.26. The lowest BCUT2D eigenvalue weighted by Crippen LogP contribution is -2.32. The smallest absolute Gasteiger partial charge is 0.222 e. The van der Waals surface area contributed by atoms with E-state index in [9.17, 15) is 4.39 Å². The minimum Gasteiger partial charge on any atom is -0.375 e. The molecule has 0 saturated carbocycles. The molecule has 19 heavy (non-hydrogen) atoms. The van der Waals surface area contributed by atoms with Gasteiger partial charge in [-0.1, -0.05) is 18.6 Å². The second kappa shape index (κ2) is 7.22. The van der Waals surface area contributed by atoms with Crippen LogP contribution in [0, 0.1) is 12.4 Å². The molecule has 1 aliphatic rings. The molecule has 1 aromatic rings. The van der Waals surface area contributed by atoms with Crippen LogP contribution >= 0.6 is 0 Å². The highest BCUT2D eigenvalue weighted by Crippen LogP contribution is 2.19. The van der Waals surface area contributed by atoms with E-state index in [2.05, 4.69) is 9.74 Å². The Bertz CT molecular complexity index is 450. The van der Waals surface area contributed by atoms with Crippen molar-refractivity contribution in [3.05, 3.63) is 41.0 Å². The Kier molecular flexibility index (Phi) is 5.31. The predicted molar refractivity (Wildman–Crippen MR) is 72.6 cm³/mol. The summed E-state index contributed by atoms with van der Waals surface area (Å²) in [5.74, 6) is -0.466. The third-order valence-corrected chi connectivity index (χ3v) is 3.40. The maximum Gasteiger partial charge on any atom is 0.222 e. The maximum atomic E-state index is 13.4. The van der Waals surface area contributed by atoms with Crippen LogP contribution in [-0.4, -0.2) is 31.1 Å². The first-order valence-electron chi connectivity index (χ1n) is 6.75. The van der Waals surface area contributed by atoms with E-state index >= 15 is 0 Å². The highest BCUT2D eigenvalue weighted by Gasteiger charge is 2.09. The second-order valence-electron chi connectivity index (χ2n) is 4.85. The van der Waals surface area contributed by atoms with Crippen molar-refractivity contribution in [2.24, 2.45) is 0 Å². The minimum atomic E-state index is -0.466. The molecule has 1 aliphatic heterocycles. The van der Waals surface area contributed by atoms with Gasteiger partial charge in [-0.25, -0.2) is 9.24 Å². The van der Waals surface area contributed by atoms with Crippen molar-refractivity contribution in [2.75, 3.05) is 26.2 Å². The Morgan fingerprint density at radius 2 is 2.05 bits per heavy atom. The molecular formula is C15H19FN2O. The zero-order valence-electron chi connectivity index (χ0n) is 11.1. The summed E-state index contributed by atoms with van der Waals surface area (Å²) in [7, 11) is 0. The van der Waals surface area contributed by atoms with Crippen molar-refractivity contribution in [1.29, 1.82) is 0 Å². The molecule has 0 atom stereocenters. The summed E-state index contributed by atoms with van der Waals surface area (Å²) in [6, 6.07) is 4.64. The Balaban J connectivity index is 1.70. The Labute approximate surface area is 113 Å². The van der Waals surface area contributed by atoms with E-state index in [1.807, 2.05) is 0 Å². The van der Waals surface area contributed by atoms with Gasteiger partial charge >= 0.3 is 0 Å². The van der Waals surface area contributed by atoms with Gasteiger partial charge in [-0.15, -0.1) is 0 Å². The van der Waals surface area contributed by atoms with Crippen LogP contribution in [0.25, 0.3) is 4.85 Å². The summed E-state index contributed by atoms with van der Waals surface area (Å²) >= 11 is 0. The Hall–Kier alpha value is -1.44. The van der Waals surface area contributed by atoms with E-state index in [1.54, 1.807) is 6.07 Å². The molecule has 1 saturated heterocycles. The number of hydrogen-bond donors (Lipinski definition) is 0. The summed E-state index contributed by atoms with van der Waals surface area (Å²) < 4.78 is 18.9. The number of rotatable bonds is 5. The third-order valence-electron chi connectivity index (χ3n) is 3.40. The average Bonchev–Trinajstić information content (AvgIpc) is 2.45. The van der Waals surface area contributed by atoms with Gasteiger partial charge in [0.1, 0.15) is 5.82 Å². The molecule has 0 aromatic heterocycles. The summed E-state index contributed by atoms with van der Waals surface area (Å²) in [5.41, 5.74) is 0.848. The van der Waals surface area contributed by atoms with Crippen LogP contribution in [0.2, 0.25) is 0 Å². The molecule has 4 heteroatoms. The van der Waals surface area contributed by atoms with Crippen LogP contribution in [0.5, 0.6) is 0 Å². The predicted octanol–water partition coefficient (Wildman–Crippen LogP) is 3.38. The first-order valence-corrected chi connectivity index (χ1v) is 6.75. The number of piperidine rings is 1. The van der Waals surface area contributed by atoms with Gasteiger partial charge in [-0.05, 0) is 37.6 Å². The monoisotopic (exact) mass is 262 g/mol. The van der Waals surface area contributed by atoms with Crippen LogP contribution in [-0.2, 0) is 11.3 Å². The zero-order chi connectivity index (χ0) is 13.5. The van der Waals surface area contributed by atoms with Crippen molar-refractivity contribution in [3.63, 3.8) is 0 Å². The van der Waals surface area contributed by atoms with Gasteiger partial charge in [0, 0.05) is 6.54 Å². The van der Waals surface area contributed by atoms with Crippen LogP contribution in [0.4, 0.5) is 10.1 Å². The molecule has 1 heterocycles. The van der Waals surface area contributed by atoms with E-state index < -0.39 is 5.82 Å². The summed E-state index contributed by atoms with van der Waals surface area (Å²) in [5, 5.41) is 0. The molecule has 0 radical (unpaired) electrons. The number of benzene rings is 1. The quantitative estimate of drug-likeness (QED) is 0.597. The van der Waals surface area contributed by atoms with Gasteiger partial charge in [0.2, 0.25) is 5.69 Å². The second-order valence-corrected chi connectivity index (χ2v) is 4.85. The molecular weight excluding hydrogens is 243 g/mol. The first kappa shape index (κ1) is 14.0. The number of nitrogens with zero attached hydrogens (tertiary/aromatic N) is 2. The molecule has 1 aromatic carbocycles. The fourth-order valence-electron chi connectivity index (χ4n) is 2.30. The van der Waals surface area contributed by atoms with Crippen LogP contribution in [0.15, 0.2) is 18.2 Å². The van der Waals surface area contributed by atoms with Crippen molar-refractivity contribution >= 4 is 5.69 Å².